The van der Waals surface area contributed by atoms with Gasteiger partial charge in [-0.2, -0.15) is 0 Å². The first-order valence-corrected chi connectivity index (χ1v) is 10.1. The molecule has 3 atom stereocenters. The average molecular weight is 433 g/mol. The van der Waals surface area contributed by atoms with Crippen LogP contribution < -0.4 is 9.47 Å². The number of aliphatic hydroxyl groups is 1. The highest BCUT2D eigenvalue weighted by atomic mass is 16.6. The quantitative estimate of drug-likeness (QED) is 0.353. The van der Waals surface area contributed by atoms with Gasteiger partial charge in [-0.3, -0.25) is 9.59 Å². The van der Waals surface area contributed by atoms with E-state index in [1.54, 1.807) is 61.8 Å². The van der Waals surface area contributed by atoms with Crippen LogP contribution in [0, 0.1) is 0 Å². The molecule has 0 aliphatic carbocycles. The van der Waals surface area contributed by atoms with Crippen LogP contribution >= 0.6 is 0 Å². The van der Waals surface area contributed by atoms with Crippen LogP contribution in [0.15, 0.2) is 61.2 Å². The first kappa shape index (κ1) is 26.0. The summed E-state index contributed by atoms with van der Waals surface area (Å²) in [6, 6.07) is 7.09. The Morgan fingerprint density at radius 3 is 2.16 bits per heavy atom. The third-order valence-corrected chi connectivity index (χ3v) is 4.03. The molecule has 0 fully saturated rings. The van der Waals surface area contributed by atoms with Crippen LogP contribution in [0.1, 0.15) is 33.1 Å². The minimum atomic E-state index is -0.622. The van der Waals surface area contributed by atoms with Crippen molar-refractivity contribution in [2.24, 2.45) is 0 Å². The Balaban J connectivity index is 2.66. The minimum absolute atomic E-state index is 0.169. The van der Waals surface area contributed by atoms with Gasteiger partial charge >= 0.3 is 11.9 Å². The van der Waals surface area contributed by atoms with E-state index in [2.05, 4.69) is 6.58 Å². The molecule has 0 amide bonds. The topological polar surface area (TPSA) is 91.3 Å². The Hall–Kier alpha value is -3.06. The average Bonchev–Trinajstić information content (AvgIpc) is 2.71. The summed E-state index contributed by atoms with van der Waals surface area (Å²) in [5, 5.41) is 9.71. The maximum absolute atomic E-state index is 11.4. The molecule has 7 nitrogen and oxygen atoms in total. The number of aliphatic hydroxyl groups excluding tert-OH is 1. The smallest absolute Gasteiger partial charge is 0.303 e. The fraction of sp³-hybridized carbons (Fsp3) is 0.417. The molecule has 0 aliphatic heterocycles. The van der Waals surface area contributed by atoms with E-state index in [1.165, 1.54) is 13.8 Å². The van der Waals surface area contributed by atoms with Crippen LogP contribution in [0.3, 0.4) is 0 Å². The Kier molecular flexibility index (Phi) is 12.4. The van der Waals surface area contributed by atoms with Crippen LogP contribution in [-0.4, -0.2) is 49.1 Å². The van der Waals surface area contributed by atoms with Gasteiger partial charge in [-0.15, -0.1) is 6.58 Å². The highest BCUT2D eigenvalue weighted by Gasteiger charge is 2.13. The summed E-state index contributed by atoms with van der Waals surface area (Å²) in [6.07, 6.45) is 8.15. The zero-order valence-electron chi connectivity index (χ0n) is 18.4. The van der Waals surface area contributed by atoms with E-state index >= 15 is 0 Å². The lowest BCUT2D eigenvalue weighted by molar-refractivity contribution is -0.147. The van der Waals surface area contributed by atoms with Crippen molar-refractivity contribution in [3.8, 4) is 11.5 Å². The lowest BCUT2D eigenvalue weighted by Crippen LogP contribution is -2.23. The summed E-state index contributed by atoms with van der Waals surface area (Å²) in [4.78, 5) is 22.8. The zero-order valence-corrected chi connectivity index (χ0v) is 18.4. The van der Waals surface area contributed by atoms with Crippen LogP contribution in [0.2, 0.25) is 0 Å². The molecule has 0 saturated heterocycles. The number of hydrogen-bond acceptors (Lipinski definition) is 7. The van der Waals surface area contributed by atoms with Crippen molar-refractivity contribution in [1.29, 1.82) is 0 Å². The SMILES string of the molecule is C=CC[C@@H](O)/C=C/C[C@H](/C=C/C[C@@H](COc1ccc(OC)cc1)OC(C)=O)OC(C)=O. The number of carbonyl (C=O) groups excluding carboxylic acids is 2. The lowest BCUT2D eigenvalue weighted by Gasteiger charge is -2.17. The van der Waals surface area contributed by atoms with Crippen LogP contribution in [0.25, 0.3) is 0 Å². The molecule has 0 aromatic heterocycles. The number of benzene rings is 1. The lowest BCUT2D eigenvalue weighted by atomic mass is 10.1. The third kappa shape index (κ3) is 12.3. The van der Waals surface area contributed by atoms with Crippen LogP contribution in [0.5, 0.6) is 11.5 Å². The minimum Gasteiger partial charge on any atom is -0.497 e. The molecule has 0 heterocycles. The van der Waals surface area contributed by atoms with E-state index in [9.17, 15) is 14.7 Å². The Bertz CT molecular complexity index is 737. The highest BCUT2D eigenvalue weighted by molar-refractivity contribution is 5.66. The Labute approximate surface area is 184 Å². The molecule has 1 rings (SSSR count). The molecular weight excluding hydrogens is 400 g/mol. The summed E-state index contributed by atoms with van der Waals surface area (Å²) in [6.45, 7) is 6.42. The van der Waals surface area contributed by atoms with Gasteiger partial charge in [-0.25, -0.2) is 0 Å². The number of methoxy groups -OCH3 is 1. The Morgan fingerprint density at radius 2 is 1.58 bits per heavy atom. The zero-order chi connectivity index (χ0) is 23.1. The third-order valence-electron chi connectivity index (χ3n) is 4.03. The molecule has 0 radical (unpaired) electrons. The predicted octanol–water partition coefficient (Wildman–Crippen LogP) is 3.77. The maximum Gasteiger partial charge on any atom is 0.303 e. The van der Waals surface area contributed by atoms with Gasteiger partial charge in [-0.1, -0.05) is 24.3 Å². The van der Waals surface area contributed by atoms with Crippen molar-refractivity contribution < 1.29 is 33.6 Å². The van der Waals surface area contributed by atoms with E-state index in [1.807, 2.05) is 0 Å². The highest BCUT2D eigenvalue weighted by Crippen LogP contribution is 2.18. The molecule has 0 spiro atoms. The second kappa shape index (κ2) is 14.8. The van der Waals surface area contributed by atoms with E-state index < -0.39 is 30.3 Å². The predicted molar refractivity (Wildman–Crippen MR) is 118 cm³/mol. The first-order valence-electron chi connectivity index (χ1n) is 10.1. The van der Waals surface area contributed by atoms with Gasteiger partial charge in [0.25, 0.3) is 0 Å². The van der Waals surface area contributed by atoms with Gasteiger partial charge in [0.05, 0.1) is 13.2 Å². The van der Waals surface area contributed by atoms with Crippen molar-refractivity contribution in [2.75, 3.05) is 13.7 Å². The van der Waals surface area contributed by atoms with E-state index in [-0.39, 0.29) is 6.61 Å². The molecule has 0 aliphatic rings. The summed E-state index contributed by atoms with van der Waals surface area (Å²) in [5.74, 6) is 0.527. The van der Waals surface area contributed by atoms with E-state index in [0.717, 1.165) is 5.75 Å². The van der Waals surface area contributed by atoms with E-state index in [4.69, 9.17) is 18.9 Å². The first-order chi connectivity index (χ1) is 14.8. The Morgan fingerprint density at radius 1 is 0.968 bits per heavy atom. The van der Waals surface area contributed by atoms with Gasteiger partial charge in [0, 0.05) is 26.7 Å². The van der Waals surface area contributed by atoms with Crippen LogP contribution in [0.4, 0.5) is 0 Å². The molecule has 1 aromatic rings. The van der Waals surface area contributed by atoms with Crippen molar-refractivity contribution in [1.82, 2.24) is 0 Å². The van der Waals surface area contributed by atoms with Crippen LogP contribution in [-0.2, 0) is 19.1 Å². The number of ether oxygens (including phenoxy) is 4. The molecule has 170 valence electrons. The number of rotatable bonds is 14. The fourth-order valence-corrected chi connectivity index (χ4v) is 2.63. The number of esters is 2. The van der Waals surface area contributed by atoms with Gasteiger partial charge in [0.15, 0.2) is 0 Å². The summed E-state index contributed by atoms with van der Waals surface area (Å²) < 4.78 is 21.4. The van der Waals surface area contributed by atoms with Crippen molar-refractivity contribution in [3.05, 3.63) is 61.2 Å². The van der Waals surface area contributed by atoms with Gasteiger partial charge in [-0.05, 0) is 36.8 Å². The van der Waals surface area contributed by atoms with Gasteiger partial charge in [0.1, 0.15) is 30.3 Å². The summed E-state index contributed by atoms with van der Waals surface area (Å²) in [7, 11) is 1.58. The van der Waals surface area contributed by atoms with Crippen molar-refractivity contribution in [3.63, 3.8) is 0 Å². The molecule has 31 heavy (non-hydrogen) atoms. The molecule has 7 heteroatoms. The normalized spacial score (nSPS) is 14.1. The van der Waals surface area contributed by atoms with Gasteiger partial charge < -0.3 is 24.1 Å². The molecular formula is C24H32O7. The van der Waals surface area contributed by atoms with Gasteiger partial charge in [0.2, 0.25) is 0 Å². The summed E-state index contributed by atoms with van der Waals surface area (Å²) >= 11 is 0. The standard InChI is InChI=1S/C24H32O7/c1-5-8-20(27)9-6-10-23(30-18(2)25)11-7-12-24(31-19(3)26)17-29-22-15-13-21(28-4)14-16-22/h5-7,9,11,13-16,20,23-24,27H,1,8,10,12,17H2,2-4H3/b9-6+,11-7+/t20-,23-,24+/m1/s1. The second-order valence-corrected chi connectivity index (χ2v) is 6.79. The number of carbonyl (C=O) groups is 2. The molecule has 0 bridgehead atoms. The molecule has 0 saturated carbocycles. The number of hydrogen-bond donors (Lipinski definition) is 1. The molecule has 0 unspecified atom stereocenters. The maximum atomic E-state index is 11.4. The fourth-order valence-electron chi connectivity index (χ4n) is 2.63. The molecule has 1 N–H and O–H groups in total. The van der Waals surface area contributed by atoms with Crippen molar-refractivity contribution in [2.45, 2.75) is 51.4 Å². The molecule has 1 aromatic carbocycles. The van der Waals surface area contributed by atoms with Crippen molar-refractivity contribution >= 4 is 11.9 Å². The van der Waals surface area contributed by atoms with E-state index in [0.29, 0.717) is 25.0 Å². The summed E-state index contributed by atoms with van der Waals surface area (Å²) in [5.41, 5.74) is 0. The largest absolute Gasteiger partial charge is 0.497 e. The second-order valence-electron chi connectivity index (χ2n) is 6.79. The monoisotopic (exact) mass is 432 g/mol.